The molecule has 1 N–H and O–H groups in total. The van der Waals surface area contributed by atoms with E-state index in [9.17, 15) is 14.4 Å². The van der Waals surface area contributed by atoms with E-state index < -0.39 is 17.8 Å². The Morgan fingerprint density at radius 2 is 1.75 bits per heavy atom. The van der Waals surface area contributed by atoms with Crippen LogP contribution in [0.25, 0.3) is 6.08 Å². The van der Waals surface area contributed by atoms with Crippen molar-refractivity contribution in [1.29, 1.82) is 0 Å². The first-order chi connectivity index (χ1) is 13.4. The van der Waals surface area contributed by atoms with Crippen molar-refractivity contribution in [3.63, 3.8) is 0 Å². The Morgan fingerprint density at radius 3 is 2.43 bits per heavy atom. The van der Waals surface area contributed by atoms with Crippen LogP contribution in [0.2, 0.25) is 0 Å². The smallest absolute Gasteiger partial charge is 0.335 e. The molecule has 1 fully saturated rings. The number of urea groups is 1. The minimum Gasteiger partial charge on any atom is -0.490 e. The number of ether oxygens (including phenoxy) is 1. The van der Waals surface area contributed by atoms with Crippen LogP contribution in [0.15, 0.2) is 54.1 Å². The van der Waals surface area contributed by atoms with E-state index in [2.05, 4.69) is 5.32 Å². The van der Waals surface area contributed by atoms with Crippen LogP contribution in [-0.4, -0.2) is 23.9 Å². The van der Waals surface area contributed by atoms with Gasteiger partial charge in [-0.2, -0.15) is 0 Å². The predicted octanol–water partition coefficient (Wildman–Crippen LogP) is 3.84. The summed E-state index contributed by atoms with van der Waals surface area (Å²) in [5.74, 6) is -0.823. The van der Waals surface area contributed by atoms with Gasteiger partial charge in [-0.25, -0.2) is 9.69 Å². The van der Waals surface area contributed by atoms with Crippen LogP contribution in [0.3, 0.4) is 0 Å². The van der Waals surface area contributed by atoms with Gasteiger partial charge >= 0.3 is 6.03 Å². The van der Waals surface area contributed by atoms with E-state index >= 15 is 0 Å². The lowest BCUT2D eigenvalue weighted by atomic mass is 10.1. The van der Waals surface area contributed by atoms with Crippen LogP contribution >= 0.6 is 0 Å². The van der Waals surface area contributed by atoms with Gasteiger partial charge in [0.1, 0.15) is 11.3 Å². The van der Waals surface area contributed by atoms with Gasteiger partial charge < -0.3 is 4.74 Å². The maximum Gasteiger partial charge on any atom is 0.335 e. The van der Waals surface area contributed by atoms with Gasteiger partial charge in [0, 0.05) is 5.56 Å². The summed E-state index contributed by atoms with van der Waals surface area (Å²) < 4.78 is 5.88. The van der Waals surface area contributed by atoms with Crippen molar-refractivity contribution in [3.8, 4) is 5.75 Å². The zero-order chi connectivity index (χ0) is 20.3. The van der Waals surface area contributed by atoms with Crippen molar-refractivity contribution in [3.05, 3.63) is 65.2 Å². The molecule has 1 heterocycles. The first-order valence-electron chi connectivity index (χ1n) is 9.14. The Balaban J connectivity index is 1.99. The number of barbiturate groups is 1. The molecule has 0 aliphatic carbocycles. The number of aryl methyl sites for hydroxylation is 1. The Hall–Kier alpha value is -3.41. The second-order valence-electron chi connectivity index (χ2n) is 6.67. The van der Waals surface area contributed by atoms with Crippen molar-refractivity contribution in [2.75, 3.05) is 4.90 Å². The maximum atomic E-state index is 13.0. The van der Waals surface area contributed by atoms with Gasteiger partial charge in [-0.3, -0.25) is 14.9 Å². The molecule has 3 rings (SSSR count). The highest BCUT2D eigenvalue weighted by Gasteiger charge is 2.36. The lowest BCUT2D eigenvalue weighted by Crippen LogP contribution is -2.54. The molecule has 1 saturated heterocycles. The molecular weight excluding hydrogens is 356 g/mol. The number of anilines is 1. The Morgan fingerprint density at radius 1 is 1.07 bits per heavy atom. The standard InChI is InChI=1S/C22H22N2O4/c1-4-15(3)28-19-8-6-5-7-16(19)13-18-20(25)23-22(27)24(21(18)26)17-11-9-14(2)10-12-17/h5-13,15H,4H2,1-3H3,(H,23,25,27)/b18-13-/t15-/m0/s1. The van der Waals surface area contributed by atoms with Crippen molar-refractivity contribution < 1.29 is 19.1 Å². The van der Waals surface area contributed by atoms with E-state index in [4.69, 9.17) is 4.74 Å². The van der Waals surface area contributed by atoms with Crippen LogP contribution in [0.4, 0.5) is 10.5 Å². The van der Waals surface area contributed by atoms with E-state index in [0.717, 1.165) is 16.9 Å². The first-order valence-corrected chi connectivity index (χ1v) is 9.14. The largest absolute Gasteiger partial charge is 0.490 e. The minimum atomic E-state index is -0.764. The molecule has 1 atom stereocenters. The summed E-state index contributed by atoms with van der Waals surface area (Å²) in [6.45, 7) is 5.86. The van der Waals surface area contributed by atoms with Crippen molar-refractivity contribution in [2.24, 2.45) is 0 Å². The molecule has 2 aromatic rings. The second-order valence-corrected chi connectivity index (χ2v) is 6.67. The molecule has 1 aliphatic rings. The molecule has 0 radical (unpaired) electrons. The fourth-order valence-corrected chi connectivity index (χ4v) is 2.75. The number of hydrogen-bond donors (Lipinski definition) is 1. The molecule has 0 bridgehead atoms. The quantitative estimate of drug-likeness (QED) is 0.634. The molecule has 0 spiro atoms. The molecule has 0 saturated carbocycles. The van der Waals surface area contributed by atoms with Crippen LogP contribution in [-0.2, 0) is 9.59 Å². The number of nitrogens with one attached hydrogen (secondary N) is 1. The third-order valence-corrected chi connectivity index (χ3v) is 4.52. The molecule has 144 valence electrons. The molecule has 28 heavy (non-hydrogen) atoms. The molecule has 0 aromatic heterocycles. The van der Waals surface area contributed by atoms with Gasteiger partial charge in [-0.15, -0.1) is 0 Å². The van der Waals surface area contributed by atoms with E-state index in [1.165, 1.54) is 6.08 Å². The van der Waals surface area contributed by atoms with Crippen molar-refractivity contribution >= 4 is 29.6 Å². The number of carbonyl (C=O) groups is 3. The number of imide groups is 2. The topological polar surface area (TPSA) is 75.7 Å². The third kappa shape index (κ3) is 3.96. The molecule has 6 heteroatoms. The Kier molecular flexibility index (Phi) is 5.59. The zero-order valence-electron chi connectivity index (χ0n) is 16.1. The monoisotopic (exact) mass is 378 g/mol. The summed E-state index contributed by atoms with van der Waals surface area (Å²) in [6, 6.07) is 13.3. The minimum absolute atomic E-state index is 0.0129. The molecule has 6 nitrogen and oxygen atoms in total. The van der Waals surface area contributed by atoms with E-state index in [0.29, 0.717) is 17.0 Å². The van der Waals surface area contributed by atoms with Gasteiger partial charge in [0.15, 0.2) is 0 Å². The van der Waals surface area contributed by atoms with Crippen LogP contribution in [0, 0.1) is 6.92 Å². The lowest BCUT2D eigenvalue weighted by molar-refractivity contribution is -0.122. The average Bonchev–Trinajstić information content (AvgIpc) is 2.67. The summed E-state index contributed by atoms with van der Waals surface area (Å²) in [5, 5.41) is 2.23. The summed E-state index contributed by atoms with van der Waals surface area (Å²) in [7, 11) is 0. The third-order valence-electron chi connectivity index (χ3n) is 4.52. The van der Waals surface area contributed by atoms with E-state index in [1.807, 2.05) is 26.8 Å². The van der Waals surface area contributed by atoms with Crippen molar-refractivity contribution in [2.45, 2.75) is 33.3 Å². The summed E-state index contributed by atoms with van der Waals surface area (Å²) >= 11 is 0. The number of amides is 4. The molecule has 1 aliphatic heterocycles. The predicted molar refractivity (Wildman–Crippen MR) is 107 cm³/mol. The average molecular weight is 378 g/mol. The molecule has 0 unspecified atom stereocenters. The SMILES string of the molecule is CC[C@H](C)Oc1ccccc1/C=C1/C(=O)NC(=O)N(c2ccc(C)cc2)C1=O. The number of benzene rings is 2. The van der Waals surface area contributed by atoms with Gasteiger partial charge in [-0.1, -0.05) is 42.8 Å². The first kappa shape index (κ1) is 19.4. The normalized spacial score (nSPS) is 16.9. The Labute approximate surface area is 163 Å². The number of hydrogen-bond acceptors (Lipinski definition) is 4. The summed E-state index contributed by atoms with van der Waals surface area (Å²) in [4.78, 5) is 38.5. The Bertz CT molecular complexity index is 947. The number of carbonyl (C=O) groups excluding carboxylic acids is 3. The van der Waals surface area contributed by atoms with Gasteiger partial charge in [0.2, 0.25) is 0 Å². The molecule has 2 aromatic carbocycles. The highest BCUT2D eigenvalue weighted by atomic mass is 16.5. The highest BCUT2D eigenvalue weighted by Crippen LogP contribution is 2.26. The van der Waals surface area contributed by atoms with Crippen LogP contribution in [0.1, 0.15) is 31.4 Å². The fraction of sp³-hybridized carbons (Fsp3) is 0.227. The van der Waals surface area contributed by atoms with Gasteiger partial charge in [-0.05, 0) is 44.5 Å². The molecule has 4 amide bonds. The van der Waals surface area contributed by atoms with Crippen molar-refractivity contribution in [1.82, 2.24) is 5.32 Å². The number of rotatable bonds is 5. The maximum absolute atomic E-state index is 13.0. The van der Waals surface area contributed by atoms with Crippen LogP contribution in [0.5, 0.6) is 5.75 Å². The van der Waals surface area contributed by atoms with E-state index in [-0.39, 0.29) is 11.7 Å². The highest BCUT2D eigenvalue weighted by molar-refractivity contribution is 6.39. The lowest BCUT2D eigenvalue weighted by Gasteiger charge is -2.26. The van der Waals surface area contributed by atoms with E-state index in [1.54, 1.807) is 42.5 Å². The second kappa shape index (κ2) is 8.08. The number of nitrogens with zero attached hydrogens (tertiary/aromatic N) is 1. The fourth-order valence-electron chi connectivity index (χ4n) is 2.75. The summed E-state index contributed by atoms with van der Waals surface area (Å²) in [6.07, 6.45) is 2.27. The van der Waals surface area contributed by atoms with Gasteiger partial charge in [0.25, 0.3) is 11.8 Å². The molecular formula is C22H22N2O4. The van der Waals surface area contributed by atoms with Gasteiger partial charge in [0.05, 0.1) is 11.8 Å². The van der Waals surface area contributed by atoms with Crippen LogP contribution < -0.4 is 15.0 Å². The summed E-state index contributed by atoms with van der Waals surface area (Å²) in [5.41, 5.74) is 1.87. The zero-order valence-corrected chi connectivity index (χ0v) is 16.1. The number of para-hydroxylation sites is 1.